The third-order valence-electron chi connectivity index (χ3n) is 3.63. The molecule has 0 radical (unpaired) electrons. The Labute approximate surface area is 130 Å². The molecule has 0 bridgehead atoms. The molecule has 2 rings (SSSR count). The summed E-state index contributed by atoms with van der Waals surface area (Å²) in [6.07, 6.45) is -0.286. The van der Waals surface area contributed by atoms with E-state index in [0.717, 1.165) is 18.8 Å². The number of hydrogen-bond acceptors (Lipinski definition) is 6. The summed E-state index contributed by atoms with van der Waals surface area (Å²) in [5, 5.41) is 0. The lowest BCUT2D eigenvalue weighted by atomic mass is 10.2. The molecule has 0 aliphatic carbocycles. The van der Waals surface area contributed by atoms with Crippen molar-refractivity contribution in [3.05, 3.63) is 18.2 Å². The standard InChI is InChI=1S/C15H23N3O4/c1-20-9-10-22-15(19)18-7-5-17(6-8-18)12-3-4-13(16)14(11-12)21-2/h3-4,11H,5-10,16H2,1-2H3. The summed E-state index contributed by atoms with van der Waals surface area (Å²) in [6, 6.07) is 5.71. The van der Waals surface area contributed by atoms with Gasteiger partial charge in [0.25, 0.3) is 0 Å². The number of rotatable bonds is 5. The average Bonchev–Trinajstić information content (AvgIpc) is 2.55. The molecule has 1 aromatic rings. The van der Waals surface area contributed by atoms with E-state index >= 15 is 0 Å². The van der Waals surface area contributed by atoms with Crippen molar-refractivity contribution in [2.75, 3.05) is 64.2 Å². The number of amides is 1. The van der Waals surface area contributed by atoms with Crippen molar-refractivity contribution in [2.45, 2.75) is 0 Å². The molecule has 7 heteroatoms. The van der Waals surface area contributed by atoms with Crippen molar-refractivity contribution in [1.82, 2.24) is 4.90 Å². The number of hydrogen-bond donors (Lipinski definition) is 1. The van der Waals surface area contributed by atoms with Gasteiger partial charge in [-0.2, -0.15) is 0 Å². The highest BCUT2D eigenvalue weighted by atomic mass is 16.6. The van der Waals surface area contributed by atoms with E-state index in [1.54, 1.807) is 19.1 Å². The SMILES string of the molecule is COCCOC(=O)N1CCN(c2ccc(N)c(OC)c2)CC1. The van der Waals surface area contributed by atoms with Crippen molar-refractivity contribution < 1.29 is 19.0 Å². The van der Waals surface area contributed by atoms with Crippen molar-refractivity contribution in [2.24, 2.45) is 0 Å². The fraction of sp³-hybridized carbons (Fsp3) is 0.533. The molecule has 1 amide bonds. The third-order valence-corrected chi connectivity index (χ3v) is 3.63. The van der Waals surface area contributed by atoms with Crippen LogP contribution in [0.1, 0.15) is 0 Å². The molecule has 1 saturated heterocycles. The Bertz CT molecular complexity index is 502. The maximum Gasteiger partial charge on any atom is 0.409 e. The maximum atomic E-state index is 11.9. The number of ether oxygens (including phenoxy) is 3. The van der Waals surface area contributed by atoms with Gasteiger partial charge in [0, 0.05) is 45.0 Å². The van der Waals surface area contributed by atoms with Gasteiger partial charge in [0.05, 0.1) is 19.4 Å². The number of carbonyl (C=O) groups excluding carboxylic acids is 1. The Morgan fingerprint density at radius 3 is 2.55 bits per heavy atom. The maximum absolute atomic E-state index is 11.9. The Morgan fingerprint density at radius 2 is 1.91 bits per heavy atom. The van der Waals surface area contributed by atoms with Gasteiger partial charge in [0.2, 0.25) is 0 Å². The van der Waals surface area contributed by atoms with Crippen LogP contribution in [0.3, 0.4) is 0 Å². The number of nitrogens with zero attached hydrogens (tertiary/aromatic N) is 2. The molecular weight excluding hydrogens is 286 g/mol. The Morgan fingerprint density at radius 1 is 1.18 bits per heavy atom. The van der Waals surface area contributed by atoms with E-state index in [4.69, 9.17) is 19.9 Å². The summed E-state index contributed by atoms with van der Waals surface area (Å²) >= 11 is 0. The number of benzene rings is 1. The van der Waals surface area contributed by atoms with Crippen molar-refractivity contribution in [3.63, 3.8) is 0 Å². The predicted octanol–water partition coefficient (Wildman–Crippen LogP) is 1.18. The number of carbonyl (C=O) groups is 1. The van der Waals surface area contributed by atoms with Crippen LogP contribution in [0.2, 0.25) is 0 Å². The molecule has 122 valence electrons. The van der Waals surface area contributed by atoms with Gasteiger partial charge in [-0.05, 0) is 12.1 Å². The number of methoxy groups -OCH3 is 2. The Kier molecular flexibility index (Phi) is 5.71. The molecule has 7 nitrogen and oxygen atoms in total. The number of nitrogens with two attached hydrogens (primary N) is 1. The topological polar surface area (TPSA) is 77.3 Å². The van der Waals surface area contributed by atoms with E-state index < -0.39 is 0 Å². The first-order valence-corrected chi connectivity index (χ1v) is 7.25. The monoisotopic (exact) mass is 309 g/mol. The number of piperazine rings is 1. The van der Waals surface area contributed by atoms with Crippen LogP contribution in [-0.2, 0) is 9.47 Å². The molecule has 1 aliphatic heterocycles. The molecule has 0 saturated carbocycles. The average molecular weight is 309 g/mol. The van der Waals surface area contributed by atoms with Gasteiger partial charge < -0.3 is 29.7 Å². The summed E-state index contributed by atoms with van der Waals surface area (Å²) in [7, 11) is 3.18. The highest BCUT2D eigenvalue weighted by Gasteiger charge is 2.22. The first-order valence-electron chi connectivity index (χ1n) is 7.25. The van der Waals surface area contributed by atoms with Crippen LogP contribution < -0.4 is 15.4 Å². The van der Waals surface area contributed by atoms with E-state index in [1.165, 1.54) is 0 Å². The van der Waals surface area contributed by atoms with Crippen LogP contribution in [0.25, 0.3) is 0 Å². The zero-order valence-corrected chi connectivity index (χ0v) is 13.1. The quantitative estimate of drug-likeness (QED) is 0.650. The van der Waals surface area contributed by atoms with Gasteiger partial charge in [-0.25, -0.2) is 4.79 Å². The minimum Gasteiger partial charge on any atom is -0.495 e. The van der Waals surface area contributed by atoms with Crippen molar-refractivity contribution >= 4 is 17.5 Å². The van der Waals surface area contributed by atoms with Crippen LogP contribution in [-0.4, -0.2) is 64.6 Å². The third kappa shape index (κ3) is 3.94. The zero-order valence-electron chi connectivity index (χ0n) is 13.1. The van der Waals surface area contributed by atoms with Gasteiger partial charge in [-0.3, -0.25) is 0 Å². The van der Waals surface area contributed by atoms with Crippen molar-refractivity contribution in [3.8, 4) is 5.75 Å². The number of nitrogen functional groups attached to an aromatic ring is 1. The van der Waals surface area contributed by atoms with Gasteiger partial charge in [0.15, 0.2) is 0 Å². The second-order valence-electron chi connectivity index (χ2n) is 5.01. The highest BCUT2D eigenvalue weighted by Crippen LogP contribution is 2.28. The summed E-state index contributed by atoms with van der Waals surface area (Å²) < 4.78 is 15.2. The largest absolute Gasteiger partial charge is 0.495 e. The van der Waals surface area contributed by atoms with E-state index in [0.29, 0.717) is 31.1 Å². The predicted molar refractivity (Wildman–Crippen MR) is 84.4 cm³/mol. The summed E-state index contributed by atoms with van der Waals surface area (Å²) in [5.41, 5.74) is 7.48. The second-order valence-corrected chi connectivity index (χ2v) is 5.01. The van der Waals surface area contributed by atoms with E-state index in [2.05, 4.69) is 4.90 Å². The molecule has 1 fully saturated rings. The van der Waals surface area contributed by atoms with Crippen LogP contribution in [0.4, 0.5) is 16.2 Å². The Hall–Kier alpha value is -2.15. The summed E-state index contributed by atoms with van der Waals surface area (Å²) in [5.74, 6) is 0.666. The van der Waals surface area contributed by atoms with E-state index in [1.807, 2.05) is 18.2 Å². The lowest BCUT2D eigenvalue weighted by molar-refractivity contribution is 0.0705. The van der Waals surface area contributed by atoms with Gasteiger partial charge in [-0.15, -0.1) is 0 Å². The lowest BCUT2D eigenvalue weighted by Crippen LogP contribution is -2.49. The summed E-state index contributed by atoms with van der Waals surface area (Å²) in [4.78, 5) is 15.8. The molecule has 0 unspecified atom stereocenters. The Balaban J connectivity index is 1.88. The fourth-order valence-corrected chi connectivity index (χ4v) is 2.35. The molecule has 1 heterocycles. The minimum atomic E-state index is -0.286. The van der Waals surface area contributed by atoms with E-state index in [-0.39, 0.29) is 12.7 Å². The molecule has 22 heavy (non-hydrogen) atoms. The normalized spacial score (nSPS) is 14.8. The molecule has 1 aromatic carbocycles. The van der Waals surface area contributed by atoms with Crippen LogP contribution >= 0.6 is 0 Å². The second kappa shape index (κ2) is 7.74. The lowest BCUT2D eigenvalue weighted by Gasteiger charge is -2.35. The van der Waals surface area contributed by atoms with Crippen molar-refractivity contribution in [1.29, 1.82) is 0 Å². The van der Waals surface area contributed by atoms with Crippen LogP contribution in [0.5, 0.6) is 5.75 Å². The minimum absolute atomic E-state index is 0.282. The van der Waals surface area contributed by atoms with Gasteiger partial charge >= 0.3 is 6.09 Å². The first-order chi connectivity index (χ1) is 10.7. The first kappa shape index (κ1) is 16.2. The molecule has 0 spiro atoms. The highest BCUT2D eigenvalue weighted by molar-refractivity contribution is 5.68. The van der Waals surface area contributed by atoms with Crippen LogP contribution in [0, 0.1) is 0 Å². The molecule has 0 aromatic heterocycles. The molecule has 0 atom stereocenters. The number of anilines is 2. The molecular formula is C15H23N3O4. The summed E-state index contributed by atoms with van der Waals surface area (Å²) in [6.45, 7) is 3.43. The van der Waals surface area contributed by atoms with Crippen LogP contribution in [0.15, 0.2) is 18.2 Å². The molecule has 1 aliphatic rings. The smallest absolute Gasteiger partial charge is 0.409 e. The van der Waals surface area contributed by atoms with Gasteiger partial charge in [0.1, 0.15) is 12.4 Å². The van der Waals surface area contributed by atoms with Gasteiger partial charge in [-0.1, -0.05) is 0 Å². The molecule has 2 N–H and O–H groups in total. The zero-order chi connectivity index (χ0) is 15.9. The van der Waals surface area contributed by atoms with E-state index in [9.17, 15) is 4.79 Å². The fourth-order valence-electron chi connectivity index (χ4n) is 2.35.